The minimum absolute atomic E-state index is 0.0373. The van der Waals surface area contributed by atoms with E-state index in [9.17, 15) is 23.2 Å². The van der Waals surface area contributed by atoms with Gasteiger partial charge in [0.1, 0.15) is 5.69 Å². The van der Waals surface area contributed by atoms with Gasteiger partial charge >= 0.3 is 6.18 Å². The molecule has 3 aromatic heterocycles. The molecule has 0 saturated heterocycles. The normalized spacial score (nSPS) is 11.4. The molecule has 3 N–H and O–H groups in total. The molecule has 36 heavy (non-hydrogen) atoms. The number of alkyl halides is 3. The number of hydrogen-bond donors (Lipinski definition) is 2. The molecule has 3 heterocycles. The molecule has 11 nitrogen and oxygen atoms in total. The van der Waals surface area contributed by atoms with Gasteiger partial charge in [0.15, 0.2) is 5.82 Å². The van der Waals surface area contributed by atoms with E-state index in [4.69, 9.17) is 17.3 Å². The lowest BCUT2D eigenvalue weighted by atomic mass is 10.0. The van der Waals surface area contributed by atoms with Crippen LogP contribution in [0.5, 0.6) is 0 Å². The van der Waals surface area contributed by atoms with E-state index in [2.05, 4.69) is 30.9 Å². The van der Waals surface area contributed by atoms with Crippen molar-refractivity contribution in [3.63, 3.8) is 0 Å². The van der Waals surface area contributed by atoms with E-state index in [-0.39, 0.29) is 28.8 Å². The van der Waals surface area contributed by atoms with Crippen molar-refractivity contribution in [3.05, 3.63) is 75.5 Å². The first kappa shape index (κ1) is 24.8. The fourth-order valence-electron chi connectivity index (χ4n) is 3.47. The first-order chi connectivity index (χ1) is 17.1. The van der Waals surface area contributed by atoms with Gasteiger partial charge in [-0.15, -0.1) is 5.10 Å². The lowest BCUT2D eigenvalue weighted by Gasteiger charge is -2.14. The van der Waals surface area contributed by atoms with Crippen molar-refractivity contribution in [1.82, 2.24) is 35.0 Å². The second-order valence-corrected chi connectivity index (χ2v) is 7.90. The van der Waals surface area contributed by atoms with Gasteiger partial charge < -0.3 is 11.1 Å². The zero-order valence-corrected chi connectivity index (χ0v) is 19.2. The van der Waals surface area contributed by atoms with E-state index in [1.165, 1.54) is 18.3 Å². The number of nitrogens with zero attached hydrogens (tertiary/aromatic N) is 8. The maximum atomic E-state index is 13.4. The fourth-order valence-corrected chi connectivity index (χ4v) is 3.68. The van der Waals surface area contributed by atoms with E-state index in [1.54, 1.807) is 25.1 Å². The maximum Gasteiger partial charge on any atom is 0.453 e. The summed E-state index contributed by atoms with van der Waals surface area (Å²) < 4.78 is 41.3. The molecule has 4 aromatic rings. The Morgan fingerprint density at radius 1 is 1.31 bits per heavy atom. The summed E-state index contributed by atoms with van der Waals surface area (Å²) in [7, 11) is 0. The molecule has 0 radical (unpaired) electrons. The van der Waals surface area contributed by atoms with Crippen LogP contribution < -0.4 is 11.1 Å². The van der Waals surface area contributed by atoms with Crippen LogP contribution in [0.15, 0.2) is 36.5 Å². The highest BCUT2D eigenvalue weighted by atomic mass is 35.5. The van der Waals surface area contributed by atoms with Crippen molar-refractivity contribution in [3.8, 4) is 11.9 Å². The molecule has 1 aromatic carbocycles. The Morgan fingerprint density at radius 2 is 2.08 bits per heavy atom. The van der Waals surface area contributed by atoms with Crippen molar-refractivity contribution in [2.75, 3.05) is 5.32 Å². The Labute approximate surface area is 206 Å². The molecular weight excluding hydrogens is 501 g/mol. The minimum atomic E-state index is -4.79. The van der Waals surface area contributed by atoms with E-state index in [1.807, 2.05) is 6.07 Å². The second-order valence-electron chi connectivity index (χ2n) is 7.50. The van der Waals surface area contributed by atoms with Crippen LogP contribution in [0.25, 0.3) is 5.82 Å². The summed E-state index contributed by atoms with van der Waals surface area (Å²) in [5, 5.41) is 25.8. The van der Waals surface area contributed by atoms with Crippen LogP contribution in [0.2, 0.25) is 5.02 Å². The quantitative estimate of drug-likeness (QED) is 0.396. The predicted octanol–water partition coefficient (Wildman–Crippen LogP) is 2.87. The van der Waals surface area contributed by atoms with Crippen LogP contribution in [-0.4, -0.2) is 40.9 Å². The Kier molecular flexibility index (Phi) is 6.69. The Morgan fingerprint density at radius 3 is 2.75 bits per heavy atom. The molecular formula is C21H16ClF3N10O. The Hall–Kier alpha value is -4.35. The van der Waals surface area contributed by atoms with Gasteiger partial charge in [-0.05, 0) is 58.8 Å². The third-order valence-electron chi connectivity index (χ3n) is 5.03. The highest BCUT2D eigenvalue weighted by Gasteiger charge is 2.38. The average Bonchev–Trinajstić information content (AvgIpc) is 3.48. The third-order valence-corrected chi connectivity index (χ3v) is 5.33. The molecule has 0 unspecified atom stereocenters. The predicted molar refractivity (Wildman–Crippen MR) is 120 cm³/mol. The molecule has 0 spiro atoms. The van der Waals surface area contributed by atoms with E-state index >= 15 is 0 Å². The highest BCUT2D eigenvalue weighted by Crippen LogP contribution is 2.28. The van der Waals surface area contributed by atoms with Crippen LogP contribution in [0.4, 0.5) is 18.9 Å². The monoisotopic (exact) mass is 516 g/mol. The largest absolute Gasteiger partial charge is 0.453 e. The van der Waals surface area contributed by atoms with E-state index < -0.39 is 24.5 Å². The number of amides is 1. The molecule has 0 saturated carbocycles. The summed E-state index contributed by atoms with van der Waals surface area (Å²) in [6.45, 7) is 1.26. The van der Waals surface area contributed by atoms with Gasteiger partial charge in [0, 0.05) is 18.4 Å². The molecule has 15 heteroatoms. The van der Waals surface area contributed by atoms with Crippen LogP contribution in [0.1, 0.15) is 38.7 Å². The molecule has 4 rings (SSSR count). The molecule has 0 aliphatic heterocycles. The van der Waals surface area contributed by atoms with Crippen LogP contribution in [-0.2, 0) is 19.3 Å². The summed E-state index contributed by atoms with van der Waals surface area (Å²) in [4.78, 5) is 17.5. The fraction of sp³-hybridized carbons (Fsp3) is 0.190. The lowest BCUT2D eigenvalue weighted by molar-refractivity contribution is -0.147. The number of aromatic nitrogens is 7. The Bertz CT molecular complexity index is 1490. The van der Waals surface area contributed by atoms with Gasteiger partial charge in [0.25, 0.3) is 11.7 Å². The number of carbonyl (C=O) groups excluding carboxylic acids is 1. The van der Waals surface area contributed by atoms with Crippen molar-refractivity contribution in [2.24, 2.45) is 5.73 Å². The first-order valence-corrected chi connectivity index (χ1v) is 10.6. The van der Waals surface area contributed by atoms with Gasteiger partial charge in [-0.2, -0.15) is 23.5 Å². The van der Waals surface area contributed by atoms with Crippen LogP contribution >= 0.6 is 11.6 Å². The van der Waals surface area contributed by atoms with Gasteiger partial charge in [-0.25, -0.2) is 14.3 Å². The zero-order valence-electron chi connectivity index (χ0n) is 18.5. The molecule has 0 bridgehead atoms. The third kappa shape index (κ3) is 4.88. The van der Waals surface area contributed by atoms with E-state index in [0.29, 0.717) is 27.1 Å². The number of nitrogens with one attached hydrogen (secondary N) is 1. The zero-order chi connectivity index (χ0) is 26.0. The summed E-state index contributed by atoms with van der Waals surface area (Å²) >= 11 is 6.25. The number of halogens is 4. The first-order valence-electron chi connectivity index (χ1n) is 10.2. The van der Waals surface area contributed by atoms with Crippen molar-refractivity contribution in [2.45, 2.75) is 26.2 Å². The number of rotatable bonds is 6. The number of hydrogen-bond acceptors (Lipinski definition) is 8. The Balaban J connectivity index is 1.77. The van der Waals surface area contributed by atoms with Gasteiger partial charge in [-0.3, -0.25) is 4.79 Å². The number of nitriles is 1. The topological polar surface area (TPSA) is 153 Å². The standard InChI is InChI=1S/C21H16ClF3N10O/c1-11-5-12(8-26)6-13(9-27)17(11)29-19(36)16-7-14(10-34-20(21(23,24)25)30-32-33-34)31-35(16)18-15(22)3-2-4-28-18/h2-7H,9-10,27H2,1H3,(H,29,36). The minimum Gasteiger partial charge on any atom is -0.326 e. The van der Waals surface area contributed by atoms with E-state index in [0.717, 1.165) is 4.68 Å². The number of carbonyl (C=O) groups is 1. The van der Waals surface area contributed by atoms with Crippen molar-refractivity contribution in [1.29, 1.82) is 5.26 Å². The lowest BCUT2D eigenvalue weighted by Crippen LogP contribution is -2.20. The van der Waals surface area contributed by atoms with Crippen molar-refractivity contribution >= 4 is 23.2 Å². The van der Waals surface area contributed by atoms with Crippen LogP contribution in [0, 0.1) is 18.3 Å². The molecule has 1 amide bonds. The average molecular weight is 517 g/mol. The van der Waals surface area contributed by atoms with Crippen LogP contribution in [0.3, 0.4) is 0 Å². The number of benzene rings is 1. The SMILES string of the molecule is Cc1cc(C#N)cc(CN)c1NC(=O)c1cc(Cn2nnnc2C(F)(F)F)nn1-c1ncccc1Cl. The number of aryl methyl sites for hydroxylation is 1. The van der Waals surface area contributed by atoms with Crippen molar-refractivity contribution < 1.29 is 18.0 Å². The summed E-state index contributed by atoms with van der Waals surface area (Å²) in [6.07, 6.45) is -3.37. The highest BCUT2D eigenvalue weighted by molar-refractivity contribution is 6.32. The van der Waals surface area contributed by atoms with Gasteiger partial charge in [-0.1, -0.05) is 11.6 Å². The molecule has 0 atom stereocenters. The smallest absolute Gasteiger partial charge is 0.326 e. The summed E-state index contributed by atoms with van der Waals surface area (Å²) in [5.74, 6) is -1.90. The summed E-state index contributed by atoms with van der Waals surface area (Å²) in [5.41, 5.74) is 7.65. The number of nitrogens with two attached hydrogens (primary N) is 1. The molecule has 184 valence electrons. The molecule has 0 aliphatic carbocycles. The summed E-state index contributed by atoms with van der Waals surface area (Å²) in [6, 6.07) is 9.54. The molecule has 0 fully saturated rings. The second kappa shape index (κ2) is 9.72. The van der Waals surface area contributed by atoms with Gasteiger partial charge in [0.2, 0.25) is 0 Å². The van der Waals surface area contributed by atoms with Gasteiger partial charge in [0.05, 0.1) is 28.9 Å². The number of pyridine rings is 1. The number of tetrazole rings is 1. The molecule has 0 aliphatic rings. The maximum absolute atomic E-state index is 13.4. The number of anilines is 1.